The van der Waals surface area contributed by atoms with E-state index < -0.39 is 16.0 Å². The van der Waals surface area contributed by atoms with E-state index in [4.69, 9.17) is 0 Å². The Morgan fingerprint density at radius 1 is 1.00 bits per heavy atom. The van der Waals surface area contributed by atoms with Crippen LogP contribution in [0, 0.1) is 19.8 Å². The molecule has 0 saturated heterocycles. The highest BCUT2D eigenvalue weighted by Crippen LogP contribution is 2.50. The number of aryl methyl sites for hydroxylation is 2. The number of hydrogen-bond donors (Lipinski definition) is 3. The summed E-state index contributed by atoms with van der Waals surface area (Å²) in [5, 5.41) is 12.8. The lowest BCUT2D eigenvalue weighted by Crippen LogP contribution is -2.29. The number of fused-ring (bicyclic) bond motifs is 3. The molecule has 2 aliphatic rings. The zero-order chi connectivity index (χ0) is 24.0. The van der Waals surface area contributed by atoms with Gasteiger partial charge in [-0.1, -0.05) is 30.4 Å². The number of rotatable bonds is 5. The molecule has 6 nitrogen and oxygen atoms in total. The first-order valence-electron chi connectivity index (χ1n) is 11.2. The number of carboxylic acids is 1. The summed E-state index contributed by atoms with van der Waals surface area (Å²) < 4.78 is 29.0. The molecule has 0 fully saturated rings. The Morgan fingerprint density at radius 2 is 1.76 bits per heavy atom. The lowest BCUT2D eigenvalue weighted by Gasteiger charge is -2.37. The van der Waals surface area contributed by atoms with E-state index in [9.17, 15) is 18.3 Å². The van der Waals surface area contributed by atoms with Crippen LogP contribution in [-0.4, -0.2) is 19.5 Å². The van der Waals surface area contributed by atoms with Crippen molar-refractivity contribution in [3.05, 3.63) is 101 Å². The summed E-state index contributed by atoms with van der Waals surface area (Å²) in [6.45, 7) is 3.94. The molecule has 174 valence electrons. The van der Waals surface area contributed by atoms with Gasteiger partial charge in [0, 0.05) is 17.3 Å². The summed E-state index contributed by atoms with van der Waals surface area (Å²) >= 11 is 0. The predicted molar refractivity (Wildman–Crippen MR) is 133 cm³/mol. The molecule has 3 aromatic rings. The van der Waals surface area contributed by atoms with E-state index in [1.54, 1.807) is 30.3 Å². The lowest BCUT2D eigenvalue weighted by atomic mass is 9.77. The van der Waals surface area contributed by atoms with Crippen LogP contribution in [0.5, 0.6) is 0 Å². The summed E-state index contributed by atoms with van der Waals surface area (Å²) in [7, 11) is -3.74. The number of sulfonamides is 1. The number of carbonyl (C=O) groups is 1. The highest BCUT2D eigenvalue weighted by molar-refractivity contribution is 7.92. The number of carboxylic acid groups (broad SMARTS) is 1. The van der Waals surface area contributed by atoms with Crippen molar-refractivity contribution in [3.63, 3.8) is 0 Å². The Hall–Kier alpha value is -3.58. The zero-order valence-electron chi connectivity index (χ0n) is 18.9. The van der Waals surface area contributed by atoms with Gasteiger partial charge in [-0.2, -0.15) is 0 Å². The van der Waals surface area contributed by atoms with Gasteiger partial charge < -0.3 is 10.4 Å². The number of allylic oxidation sites excluding steroid dienone is 2. The largest absolute Gasteiger partial charge is 0.478 e. The molecule has 0 amide bonds. The predicted octanol–water partition coefficient (Wildman–Crippen LogP) is 5.63. The van der Waals surface area contributed by atoms with Crippen molar-refractivity contribution in [2.45, 2.75) is 37.1 Å². The number of hydrogen-bond acceptors (Lipinski definition) is 4. The molecule has 0 unspecified atom stereocenters. The van der Waals surface area contributed by atoms with Crippen LogP contribution in [0.4, 0.5) is 11.4 Å². The number of anilines is 2. The number of aromatic carboxylic acids is 1. The van der Waals surface area contributed by atoms with Gasteiger partial charge in [0.05, 0.1) is 16.5 Å². The van der Waals surface area contributed by atoms with Crippen LogP contribution in [0.15, 0.2) is 77.7 Å². The molecule has 34 heavy (non-hydrogen) atoms. The molecule has 1 aliphatic heterocycles. The monoisotopic (exact) mass is 474 g/mol. The minimum atomic E-state index is -3.74. The third-order valence-corrected chi connectivity index (χ3v) is 8.30. The van der Waals surface area contributed by atoms with Crippen molar-refractivity contribution >= 4 is 27.4 Å². The van der Waals surface area contributed by atoms with E-state index in [2.05, 4.69) is 22.2 Å². The van der Waals surface area contributed by atoms with Crippen molar-refractivity contribution in [1.29, 1.82) is 0 Å². The minimum Gasteiger partial charge on any atom is -0.478 e. The second-order valence-electron chi connectivity index (χ2n) is 9.06. The fourth-order valence-electron chi connectivity index (χ4n) is 4.92. The molecule has 3 N–H and O–H groups in total. The third kappa shape index (κ3) is 3.96. The molecule has 0 bridgehead atoms. The van der Waals surface area contributed by atoms with E-state index in [1.807, 2.05) is 44.2 Å². The first-order valence-corrected chi connectivity index (χ1v) is 12.7. The van der Waals surface area contributed by atoms with Crippen molar-refractivity contribution in [1.82, 2.24) is 0 Å². The van der Waals surface area contributed by atoms with Gasteiger partial charge in [-0.15, -0.1) is 0 Å². The van der Waals surface area contributed by atoms with Crippen LogP contribution in [0.2, 0.25) is 0 Å². The van der Waals surface area contributed by atoms with Crippen LogP contribution in [-0.2, 0) is 10.0 Å². The molecular weight excluding hydrogens is 448 g/mol. The fraction of sp³-hybridized carbons (Fsp3) is 0.222. The smallest absolute Gasteiger partial charge is 0.335 e. The van der Waals surface area contributed by atoms with Crippen LogP contribution in [0.25, 0.3) is 0 Å². The van der Waals surface area contributed by atoms with E-state index in [0.717, 1.165) is 34.4 Å². The average Bonchev–Trinajstić information content (AvgIpc) is 3.31. The third-order valence-electron chi connectivity index (χ3n) is 6.92. The summed E-state index contributed by atoms with van der Waals surface area (Å²) in [6.07, 6.45) is 5.15. The van der Waals surface area contributed by atoms with Crippen LogP contribution < -0.4 is 10.0 Å². The van der Waals surface area contributed by atoms with Crippen LogP contribution in [0.3, 0.4) is 0 Å². The number of benzene rings is 3. The van der Waals surface area contributed by atoms with Gasteiger partial charge in [0.25, 0.3) is 10.0 Å². The first-order chi connectivity index (χ1) is 16.2. The Bertz CT molecular complexity index is 1410. The molecule has 7 heteroatoms. The molecular formula is C27H26N2O4S. The van der Waals surface area contributed by atoms with Crippen molar-refractivity contribution in [2.75, 3.05) is 10.0 Å². The quantitative estimate of drug-likeness (QED) is 0.417. The summed E-state index contributed by atoms with van der Waals surface area (Å²) in [4.78, 5) is 11.4. The standard InChI is InChI=1S/C27H26N2O4S/c1-16-6-11-20(14-17(16)2)29-34(32,33)21-12-13-25-24(15-21)22-4-3-5-23(22)26(28-25)18-7-9-19(10-8-18)27(30)31/h3-4,6-15,22-23,26,28-29H,5H2,1-2H3,(H,30,31)/t22-,23+,26-/m1/s1. The van der Waals surface area contributed by atoms with Gasteiger partial charge in [-0.05, 0) is 90.9 Å². The molecule has 0 radical (unpaired) electrons. The topological polar surface area (TPSA) is 95.5 Å². The van der Waals surface area contributed by atoms with E-state index >= 15 is 0 Å². The summed E-state index contributed by atoms with van der Waals surface area (Å²) in [6, 6.07) is 17.7. The summed E-state index contributed by atoms with van der Waals surface area (Å²) in [5.41, 5.74) is 5.80. The maximum atomic E-state index is 13.2. The lowest BCUT2D eigenvalue weighted by molar-refractivity contribution is 0.0697. The van der Waals surface area contributed by atoms with E-state index in [-0.39, 0.29) is 28.3 Å². The van der Waals surface area contributed by atoms with Gasteiger partial charge in [-0.25, -0.2) is 13.2 Å². The molecule has 1 heterocycles. The molecule has 0 aromatic heterocycles. The second-order valence-corrected chi connectivity index (χ2v) is 10.7. The van der Waals surface area contributed by atoms with Gasteiger partial charge in [0.1, 0.15) is 0 Å². The molecule has 0 saturated carbocycles. The first kappa shape index (κ1) is 22.2. The van der Waals surface area contributed by atoms with Crippen molar-refractivity contribution in [2.24, 2.45) is 5.92 Å². The van der Waals surface area contributed by atoms with E-state index in [1.165, 1.54) is 0 Å². The Morgan fingerprint density at radius 3 is 2.47 bits per heavy atom. The second kappa shape index (κ2) is 8.33. The minimum absolute atomic E-state index is 0.00598. The van der Waals surface area contributed by atoms with Gasteiger partial charge in [0.15, 0.2) is 0 Å². The maximum Gasteiger partial charge on any atom is 0.335 e. The highest BCUT2D eigenvalue weighted by atomic mass is 32.2. The summed E-state index contributed by atoms with van der Waals surface area (Å²) in [5.74, 6) is -0.650. The van der Waals surface area contributed by atoms with Crippen molar-refractivity contribution in [3.8, 4) is 0 Å². The zero-order valence-corrected chi connectivity index (χ0v) is 19.8. The normalized spacial score (nSPS) is 20.8. The average molecular weight is 475 g/mol. The molecule has 1 aliphatic carbocycles. The highest BCUT2D eigenvalue weighted by Gasteiger charge is 2.38. The molecule has 3 atom stereocenters. The van der Waals surface area contributed by atoms with Gasteiger partial charge in [0.2, 0.25) is 0 Å². The maximum absolute atomic E-state index is 13.2. The van der Waals surface area contributed by atoms with Gasteiger partial charge >= 0.3 is 5.97 Å². The Balaban J connectivity index is 1.46. The Labute approximate surface area is 199 Å². The van der Waals surface area contributed by atoms with Crippen molar-refractivity contribution < 1.29 is 18.3 Å². The SMILES string of the molecule is Cc1ccc(NS(=O)(=O)c2ccc3c(c2)[C@@H]2C=CC[C@@H]2[C@@H](c2ccc(C(=O)O)cc2)N3)cc1C. The van der Waals surface area contributed by atoms with Crippen LogP contribution >= 0.6 is 0 Å². The fourth-order valence-corrected chi connectivity index (χ4v) is 6.01. The van der Waals surface area contributed by atoms with Crippen LogP contribution in [0.1, 0.15) is 51.0 Å². The number of nitrogens with one attached hydrogen (secondary N) is 2. The molecule has 3 aromatic carbocycles. The Kier molecular flexibility index (Phi) is 5.44. The van der Waals surface area contributed by atoms with E-state index in [0.29, 0.717) is 5.69 Å². The molecule has 5 rings (SSSR count). The molecule has 0 spiro atoms. The van der Waals surface area contributed by atoms with Gasteiger partial charge in [-0.3, -0.25) is 4.72 Å².